The molecule has 0 aliphatic heterocycles. The van der Waals surface area contributed by atoms with Crippen LogP contribution in [-0.4, -0.2) is 26.9 Å². The van der Waals surface area contributed by atoms with Crippen molar-refractivity contribution in [3.63, 3.8) is 0 Å². The Kier molecular flexibility index (Phi) is 3.71. The minimum Gasteiger partial charge on any atom is -0.311 e. The normalized spacial score (nSPS) is 10.8. The SMILES string of the molecule is Cc1[nH]ncc1CCCNCc1ccn[nH]1. The molecule has 16 heavy (non-hydrogen) atoms. The Balaban J connectivity index is 1.61. The lowest BCUT2D eigenvalue weighted by atomic mass is 10.1. The van der Waals surface area contributed by atoms with E-state index in [2.05, 4.69) is 32.6 Å². The van der Waals surface area contributed by atoms with Gasteiger partial charge in [0.15, 0.2) is 0 Å². The third-order valence-electron chi connectivity index (χ3n) is 2.61. The summed E-state index contributed by atoms with van der Waals surface area (Å²) in [5.41, 5.74) is 3.61. The van der Waals surface area contributed by atoms with Crippen LogP contribution in [0, 0.1) is 6.92 Å². The summed E-state index contributed by atoms with van der Waals surface area (Å²) < 4.78 is 0. The van der Waals surface area contributed by atoms with Gasteiger partial charge in [0.05, 0.1) is 6.20 Å². The second kappa shape index (κ2) is 5.46. The molecule has 86 valence electrons. The molecule has 5 heteroatoms. The number of nitrogens with one attached hydrogen (secondary N) is 3. The van der Waals surface area contributed by atoms with Crippen LogP contribution in [0.2, 0.25) is 0 Å². The highest BCUT2D eigenvalue weighted by Gasteiger charge is 1.99. The van der Waals surface area contributed by atoms with Crippen LogP contribution in [0.5, 0.6) is 0 Å². The van der Waals surface area contributed by atoms with Gasteiger partial charge in [-0.05, 0) is 37.9 Å². The highest BCUT2D eigenvalue weighted by molar-refractivity contribution is 5.14. The topological polar surface area (TPSA) is 69.4 Å². The first-order valence-corrected chi connectivity index (χ1v) is 5.54. The quantitative estimate of drug-likeness (QED) is 0.639. The van der Waals surface area contributed by atoms with Gasteiger partial charge in [-0.2, -0.15) is 10.2 Å². The first-order chi connectivity index (χ1) is 7.86. The number of aryl methyl sites for hydroxylation is 2. The van der Waals surface area contributed by atoms with Crippen molar-refractivity contribution in [3.8, 4) is 0 Å². The average molecular weight is 219 g/mol. The zero-order chi connectivity index (χ0) is 11.2. The summed E-state index contributed by atoms with van der Waals surface area (Å²) >= 11 is 0. The molecule has 2 heterocycles. The fourth-order valence-electron chi connectivity index (χ4n) is 1.64. The third-order valence-corrected chi connectivity index (χ3v) is 2.61. The lowest BCUT2D eigenvalue weighted by Gasteiger charge is -2.02. The van der Waals surface area contributed by atoms with Gasteiger partial charge in [-0.15, -0.1) is 0 Å². The van der Waals surface area contributed by atoms with E-state index in [0.29, 0.717) is 0 Å². The molecule has 0 bridgehead atoms. The van der Waals surface area contributed by atoms with Crippen LogP contribution in [0.25, 0.3) is 0 Å². The van der Waals surface area contributed by atoms with Crippen LogP contribution in [0.4, 0.5) is 0 Å². The van der Waals surface area contributed by atoms with Gasteiger partial charge >= 0.3 is 0 Å². The monoisotopic (exact) mass is 219 g/mol. The Morgan fingerprint density at radius 1 is 1.31 bits per heavy atom. The zero-order valence-electron chi connectivity index (χ0n) is 9.45. The Morgan fingerprint density at radius 2 is 2.25 bits per heavy atom. The number of aromatic amines is 2. The number of nitrogens with zero attached hydrogens (tertiary/aromatic N) is 2. The van der Waals surface area contributed by atoms with E-state index >= 15 is 0 Å². The van der Waals surface area contributed by atoms with Gasteiger partial charge in [0.1, 0.15) is 0 Å². The van der Waals surface area contributed by atoms with Gasteiger partial charge in [0.25, 0.3) is 0 Å². The Bertz CT molecular complexity index is 404. The van der Waals surface area contributed by atoms with Crippen LogP contribution in [0.3, 0.4) is 0 Å². The lowest BCUT2D eigenvalue weighted by Crippen LogP contribution is -2.15. The van der Waals surface area contributed by atoms with E-state index in [0.717, 1.165) is 31.6 Å². The van der Waals surface area contributed by atoms with Gasteiger partial charge in [0.2, 0.25) is 0 Å². The molecule has 0 atom stereocenters. The summed E-state index contributed by atoms with van der Waals surface area (Å²) in [7, 11) is 0. The van der Waals surface area contributed by atoms with E-state index < -0.39 is 0 Å². The van der Waals surface area contributed by atoms with Crippen molar-refractivity contribution in [3.05, 3.63) is 35.4 Å². The highest BCUT2D eigenvalue weighted by Crippen LogP contribution is 2.05. The minimum absolute atomic E-state index is 0.852. The van der Waals surface area contributed by atoms with E-state index in [9.17, 15) is 0 Å². The molecule has 0 saturated carbocycles. The number of H-pyrrole nitrogens is 2. The van der Waals surface area contributed by atoms with Gasteiger partial charge in [-0.3, -0.25) is 10.2 Å². The van der Waals surface area contributed by atoms with Crippen molar-refractivity contribution in [1.82, 2.24) is 25.7 Å². The second-order valence-electron chi connectivity index (χ2n) is 3.88. The predicted octanol–water partition coefficient (Wildman–Crippen LogP) is 1.16. The van der Waals surface area contributed by atoms with E-state index in [4.69, 9.17) is 0 Å². The Labute approximate surface area is 94.7 Å². The molecule has 0 spiro atoms. The summed E-state index contributed by atoms with van der Waals surface area (Å²) in [6.07, 6.45) is 5.86. The van der Waals surface area contributed by atoms with Gasteiger partial charge in [-0.1, -0.05) is 0 Å². The molecule has 5 nitrogen and oxygen atoms in total. The molecule has 0 saturated heterocycles. The second-order valence-corrected chi connectivity index (χ2v) is 3.88. The first kappa shape index (κ1) is 10.9. The number of hydrogen-bond donors (Lipinski definition) is 3. The minimum atomic E-state index is 0.852. The van der Waals surface area contributed by atoms with Crippen molar-refractivity contribution in [2.75, 3.05) is 6.54 Å². The molecule has 0 amide bonds. The molecule has 3 N–H and O–H groups in total. The number of rotatable bonds is 6. The summed E-state index contributed by atoms with van der Waals surface area (Å²) in [4.78, 5) is 0. The molecule has 0 unspecified atom stereocenters. The van der Waals surface area contributed by atoms with Crippen molar-refractivity contribution < 1.29 is 0 Å². The van der Waals surface area contributed by atoms with Crippen molar-refractivity contribution in [2.24, 2.45) is 0 Å². The zero-order valence-corrected chi connectivity index (χ0v) is 9.45. The van der Waals surface area contributed by atoms with E-state index in [1.807, 2.05) is 12.3 Å². The number of aromatic nitrogens is 4. The molecule has 2 rings (SSSR count). The van der Waals surface area contributed by atoms with Crippen LogP contribution >= 0.6 is 0 Å². The molecule has 0 aromatic carbocycles. The van der Waals surface area contributed by atoms with Gasteiger partial charge in [-0.25, -0.2) is 0 Å². The van der Waals surface area contributed by atoms with Crippen molar-refractivity contribution in [1.29, 1.82) is 0 Å². The molecule has 2 aromatic heterocycles. The smallest absolute Gasteiger partial charge is 0.0522 e. The maximum Gasteiger partial charge on any atom is 0.0522 e. The maximum absolute atomic E-state index is 4.00. The van der Waals surface area contributed by atoms with E-state index in [-0.39, 0.29) is 0 Å². The average Bonchev–Trinajstić information content (AvgIpc) is 2.90. The molecule has 0 radical (unpaired) electrons. The maximum atomic E-state index is 4.00. The van der Waals surface area contributed by atoms with Crippen LogP contribution in [0.1, 0.15) is 23.4 Å². The molecule has 0 aliphatic rings. The Hall–Kier alpha value is -1.62. The van der Waals surface area contributed by atoms with Crippen LogP contribution < -0.4 is 5.32 Å². The lowest BCUT2D eigenvalue weighted by molar-refractivity contribution is 0.639. The molecular formula is C11H17N5. The van der Waals surface area contributed by atoms with Crippen LogP contribution in [0.15, 0.2) is 18.5 Å². The van der Waals surface area contributed by atoms with Crippen molar-refractivity contribution in [2.45, 2.75) is 26.3 Å². The predicted molar refractivity (Wildman–Crippen MR) is 61.9 cm³/mol. The van der Waals surface area contributed by atoms with Crippen molar-refractivity contribution >= 4 is 0 Å². The van der Waals surface area contributed by atoms with Gasteiger partial charge in [0, 0.05) is 24.1 Å². The number of hydrogen-bond acceptors (Lipinski definition) is 3. The molecular weight excluding hydrogens is 202 g/mol. The fourth-order valence-corrected chi connectivity index (χ4v) is 1.64. The van der Waals surface area contributed by atoms with E-state index in [1.54, 1.807) is 6.20 Å². The molecule has 0 aliphatic carbocycles. The van der Waals surface area contributed by atoms with E-state index in [1.165, 1.54) is 11.3 Å². The summed E-state index contributed by atoms with van der Waals surface area (Å²) in [5.74, 6) is 0. The standard InChI is InChI=1S/C11H17N5/c1-9-10(7-14-15-9)3-2-5-12-8-11-4-6-13-16-11/h4,6-7,12H,2-3,5,8H2,1H3,(H,13,16)(H,14,15). The molecule has 0 fully saturated rings. The fraction of sp³-hybridized carbons (Fsp3) is 0.455. The van der Waals surface area contributed by atoms with Crippen LogP contribution in [-0.2, 0) is 13.0 Å². The largest absolute Gasteiger partial charge is 0.311 e. The third kappa shape index (κ3) is 2.93. The Morgan fingerprint density at radius 3 is 2.94 bits per heavy atom. The highest BCUT2D eigenvalue weighted by atomic mass is 15.1. The van der Waals surface area contributed by atoms with Gasteiger partial charge < -0.3 is 5.32 Å². The summed E-state index contributed by atoms with van der Waals surface area (Å²) in [6.45, 7) is 3.91. The summed E-state index contributed by atoms with van der Waals surface area (Å²) in [6, 6.07) is 1.98. The molecule has 2 aromatic rings. The first-order valence-electron chi connectivity index (χ1n) is 5.54. The summed E-state index contributed by atoms with van der Waals surface area (Å²) in [5, 5.41) is 17.1.